The van der Waals surface area contributed by atoms with Crippen LogP contribution in [0.15, 0.2) is 39.7 Å². The Hall–Kier alpha value is -1.73. The molecule has 0 aliphatic carbocycles. The maximum Gasteiger partial charge on any atom is 0.270 e. The number of rotatable bonds is 5. The zero-order chi connectivity index (χ0) is 18.2. The minimum atomic E-state index is -3.75. The van der Waals surface area contributed by atoms with E-state index in [0.29, 0.717) is 23.4 Å². The lowest BCUT2D eigenvalue weighted by Gasteiger charge is -2.10. The van der Waals surface area contributed by atoms with Crippen LogP contribution in [0, 0.1) is 13.8 Å². The second-order valence-electron chi connectivity index (χ2n) is 6.11. The van der Waals surface area contributed by atoms with Crippen molar-refractivity contribution in [3.8, 4) is 0 Å². The second-order valence-corrected chi connectivity index (χ2v) is 8.75. The van der Waals surface area contributed by atoms with Gasteiger partial charge in [0.05, 0.1) is 10.6 Å². The van der Waals surface area contributed by atoms with Crippen LogP contribution in [0.4, 0.5) is 0 Å². The Kier molecular flexibility index (Phi) is 4.97. The van der Waals surface area contributed by atoms with Gasteiger partial charge in [0, 0.05) is 10.9 Å². The molecule has 132 valence electrons. The molecule has 3 aromatic rings. The van der Waals surface area contributed by atoms with Crippen molar-refractivity contribution in [3.05, 3.63) is 51.9 Å². The molecule has 0 atom stereocenters. The van der Waals surface area contributed by atoms with Gasteiger partial charge in [0.15, 0.2) is 5.65 Å². The van der Waals surface area contributed by atoms with Crippen molar-refractivity contribution in [3.63, 3.8) is 0 Å². The van der Waals surface area contributed by atoms with E-state index in [4.69, 9.17) is 0 Å². The Balaban J connectivity index is 2.28. The van der Waals surface area contributed by atoms with Gasteiger partial charge < -0.3 is 0 Å². The average molecular weight is 422 g/mol. The molecule has 0 spiro atoms. The average Bonchev–Trinajstić information content (AvgIpc) is 2.91. The van der Waals surface area contributed by atoms with E-state index in [2.05, 4.69) is 32.8 Å². The van der Waals surface area contributed by atoms with Crippen molar-refractivity contribution in [1.29, 1.82) is 0 Å². The van der Waals surface area contributed by atoms with Gasteiger partial charge in [0.25, 0.3) is 10.0 Å². The predicted molar refractivity (Wildman–Crippen MR) is 102 cm³/mol. The molecule has 0 N–H and O–H groups in total. The van der Waals surface area contributed by atoms with Crippen LogP contribution in [0.5, 0.6) is 0 Å². The molecular formula is C18H20BrN3O2S. The minimum Gasteiger partial charge on any atom is -0.231 e. The Bertz CT molecular complexity index is 1020. The maximum atomic E-state index is 13.3. The van der Waals surface area contributed by atoms with E-state index in [1.54, 1.807) is 24.3 Å². The standard InChI is InChI=1S/C18H20BrN3O2S/c1-4-5-6-17-21-16-11-15(19)13(3)20-18(16)22(17)25(23,24)14-9-7-12(2)8-10-14/h7-11H,4-6H2,1-3H3. The molecule has 0 amide bonds. The maximum absolute atomic E-state index is 13.3. The SMILES string of the molecule is CCCCc1nc2cc(Br)c(C)nc2n1S(=O)(=O)c1ccc(C)cc1. The molecule has 0 bridgehead atoms. The van der Waals surface area contributed by atoms with Crippen LogP contribution in [0.1, 0.15) is 36.8 Å². The zero-order valence-electron chi connectivity index (χ0n) is 14.5. The van der Waals surface area contributed by atoms with E-state index in [9.17, 15) is 8.42 Å². The highest BCUT2D eigenvalue weighted by Gasteiger charge is 2.25. The Morgan fingerprint density at radius 1 is 1.12 bits per heavy atom. The van der Waals surface area contributed by atoms with Gasteiger partial charge in [-0.05, 0) is 54.4 Å². The van der Waals surface area contributed by atoms with E-state index >= 15 is 0 Å². The van der Waals surface area contributed by atoms with E-state index in [0.717, 1.165) is 28.6 Å². The fourth-order valence-corrected chi connectivity index (χ4v) is 4.43. The summed E-state index contributed by atoms with van der Waals surface area (Å²) in [6, 6.07) is 8.69. The van der Waals surface area contributed by atoms with Crippen molar-refractivity contribution < 1.29 is 8.42 Å². The van der Waals surface area contributed by atoms with Crippen LogP contribution in [-0.4, -0.2) is 22.4 Å². The Morgan fingerprint density at radius 2 is 1.80 bits per heavy atom. The molecule has 0 saturated carbocycles. The van der Waals surface area contributed by atoms with Gasteiger partial charge in [-0.15, -0.1) is 0 Å². The highest BCUT2D eigenvalue weighted by atomic mass is 79.9. The summed E-state index contributed by atoms with van der Waals surface area (Å²) in [5.41, 5.74) is 2.71. The summed E-state index contributed by atoms with van der Waals surface area (Å²) in [7, 11) is -3.75. The minimum absolute atomic E-state index is 0.248. The number of imidazole rings is 1. The fraction of sp³-hybridized carbons (Fsp3) is 0.333. The largest absolute Gasteiger partial charge is 0.270 e. The first-order chi connectivity index (χ1) is 11.8. The van der Waals surface area contributed by atoms with E-state index in [1.807, 2.05) is 19.9 Å². The van der Waals surface area contributed by atoms with Gasteiger partial charge in [-0.1, -0.05) is 31.0 Å². The summed E-state index contributed by atoms with van der Waals surface area (Å²) in [4.78, 5) is 9.29. The first-order valence-electron chi connectivity index (χ1n) is 8.21. The molecule has 7 heteroatoms. The number of unbranched alkanes of at least 4 members (excludes halogenated alkanes) is 1. The van der Waals surface area contributed by atoms with Gasteiger partial charge in [-0.25, -0.2) is 22.4 Å². The van der Waals surface area contributed by atoms with Crippen LogP contribution < -0.4 is 0 Å². The smallest absolute Gasteiger partial charge is 0.231 e. The molecule has 0 saturated heterocycles. The number of hydrogen-bond acceptors (Lipinski definition) is 4. The summed E-state index contributed by atoms with van der Waals surface area (Å²) < 4.78 is 28.7. The van der Waals surface area contributed by atoms with Gasteiger partial charge in [0.2, 0.25) is 0 Å². The van der Waals surface area contributed by atoms with Crippen LogP contribution in [0.3, 0.4) is 0 Å². The molecule has 1 aromatic carbocycles. The number of aryl methyl sites for hydroxylation is 3. The monoisotopic (exact) mass is 421 g/mol. The molecule has 0 aliphatic heterocycles. The van der Waals surface area contributed by atoms with Crippen LogP contribution in [0.2, 0.25) is 0 Å². The topological polar surface area (TPSA) is 64.8 Å². The van der Waals surface area contributed by atoms with Crippen molar-refractivity contribution in [2.24, 2.45) is 0 Å². The lowest BCUT2D eigenvalue weighted by atomic mass is 10.2. The lowest BCUT2D eigenvalue weighted by Crippen LogP contribution is -2.17. The quantitative estimate of drug-likeness (QED) is 0.612. The highest BCUT2D eigenvalue weighted by Crippen LogP contribution is 2.26. The third-order valence-corrected chi connectivity index (χ3v) is 6.64. The van der Waals surface area contributed by atoms with Crippen molar-refractivity contribution in [2.75, 3.05) is 0 Å². The van der Waals surface area contributed by atoms with Gasteiger partial charge in [-0.3, -0.25) is 0 Å². The Labute approximate surface area is 156 Å². The molecule has 3 rings (SSSR count). The first-order valence-corrected chi connectivity index (χ1v) is 10.4. The van der Waals surface area contributed by atoms with Crippen molar-refractivity contribution >= 4 is 37.1 Å². The summed E-state index contributed by atoms with van der Waals surface area (Å²) >= 11 is 3.44. The third kappa shape index (κ3) is 3.35. The Morgan fingerprint density at radius 3 is 2.44 bits per heavy atom. The van der Waals surface area contributed by atoms with E-state index in [-0.39, 0.29) is 4.90 Å². The molecule has 5 nitrogen and oxygen atoms in total. The molecule has 0 aliphatic rings. The number of halogens is 1. The normalized spacial score (nSPS) is 12.0. The van der Waals surface area contributed by atoms with Crippen LogP contribution >= 0.6 is 15.9 Å². The first kappa shape index (κ1) is 18.1. The zero-order valence-corrected chi connectivity index (χ0v) is 16.9. The van der Waals surface area contributed by atoms with Crippen molar-refractivity contribution in [2.45, 2.75) is 44.9 Å². The summed E-state index contributed by atoms with van der Waals surface area (Å²) in [6.45, 7) is 5.84. The molecule has 2 heterocycles. The highest BCUT2D eigenvalue weighted by molar-refractivity contribution is 9.10. The number of fused-ring (bicyclic) bond motifs is 1. The summed E-state index contributed by atoms with van der Waals surface area (Å²) in [5, 5.41) is 0. The summed E-state index contributed by atoms with van der Waals surface area (Å²) in [5.74, 6) is 0.530. The van der Waals surface area contributed by atoms with Crippen LogP contribution in [0.25, 0.3) is 11.2 Å². The fourth-order valence-electron chi connectivity index (χ4n) is 2.66. The summed E-state index contributed by atoms with van der Waals surface area (Å²) in [6.07, 6.45) is 2.42. The van der Waals surface area contributed by atoms with Crippen LogP contribution in [-0.2, 0) is 16.4 Å². The van der Waals surface area contributed by atoms with Gasteiger partial charge in [-0.2, -0.15) is 0 Å². The van der Waals surface area contributed by atoms with Crippen molar-refractivity contribution in [1.82, 2.24) is 13.9 Å². The second kappa shape index (κ2) is 6.88. The number of benzene rings is 1. The molecule has 2 aromatic heterocycles. The molecule has 0 unspecified atom stereocenters. The van der Waals surface area contributed by atoms with E-state index in [1.165, 1.54) is 3.97 Å². The van der Waals surface area contributed by atoms with Gasteiger partial charge in [0.1, 0.15) is 11.3 Å². The molecule has 25 heavy (non-hydrogen) atoms. The lowest BCUT2D eigenvalue weighted by molar-refractivity contribution is 0.584. The van der Waals surface area contributed by atoms with E-state index < -0.39 is 10.0 Å². The molecular weight excluding hydrogens is 402 g/mol. The molecule has 0 radical (unpaired) electrons. The number of aromatic nitrogens is 3. The number of hydrogen-bond donors (Lipinski definition) is 0. The number of pyridine rings is 1. The number of nitrogens with zero attached hydrogens (tertiary/aromatic N) is 3. The molecule has 0 fully saturated rings. The third-order valence-electron chi connectivity index (χ3n) is 4.10. The van der Waals surface area contributed by atoms with Gasteiger partial charge >= 0.3 is 0 Å². The predicted octanol–water partition coefficient (Wildman–Crippen LogP) is 4.39.